The maximum Gasteiger partial charge on any atom is 0.242 e. The van der Waals surface area contributed by atoms with Crippen LogP contribution in [0.1, 0.15) is 44.8 Å². The van der Waals surface area contributed by atoms with E-state index in [1.807, 2.05) is 6.92 Å². The summed E-state index contributed by atoms with van der Waals surface area (Å²) in [6.07, 6.45) is 5.39. The third-order valence-electron chi connectivity index (χ3n) is 5.72. The molecule has 152 valence electrons. The van der Waals surface area contributed by atoms with E-state index in [0.717, 1.165) is 64.6 Å². The van der Waals surface area contributed by atoms with Crippen molar-refractivity contribution in [2.45, 2.75) is 52.0 Å². The van der Waals surface area contributed by atoms with Crippen molar-refractivity contribution in [3.05, 3.63) is 11.8 Å². The van der Waals surface area contributed by atoms with E-state index < -0.39 is 0 Å². The lowest BCUT2D eigenvalue weighted by Gasteiger charge is -2.40. The molecule has 0 spiro atoms. The largest absolute Gasteiger partial charge is 0.381 e. The van der Waals surface area contributed by atoms with Gasteiger partial charge in [-0.2, -0.15) is 0 Å². The van der Waals surface area contributed by atoms with E-state index >= 15 is 0 Å². The molecule has 2 aliphatic rings. The van der Waals surface area contributed by atoms with E-state index in [9.17, 15) is 4.79 Å². The highest BCUT2D eigenvalue weighted by atomic mass is 16.5. The van der Waals surface area contributed by atoms with Crippen LogP contribution >= 0.6 is 0 Å². The predicted molar refractivity (Wildman–Crippen MR) is 105 cm³/mol. The third kappa shape index (κ3) is 6.02. The second-order valence-electron chi connectivity index (χ2n) is 7.86. The van der Waals surface area contributed by atoms with Crippen molar-refractivity contribution in [1.29, 1.82) is 0 Å². The quantitative estimate of drug-likeness (QED) is 0.750. The lowest BCUT2D eigenvalue weighted by molar-refractivity contribution is -0.122. The van der Waals surface area contributed by atoms with Crippen LogP contribution in [0.2, 0.25) is 0 Å². The van der Waals surface area contributed by atoms with E-state index in [4.69, 9.17) is 9.26 Å². The average Bonchev–Trinajstić information content (AvgIpc) is 3.09. The maximum atomic E-state index is 12.9. The number of nitrogens with one attached hydrogen (secondary N) is 1. The number of hydrogen-bond donors (Lipinski definition) is 1. The minimum absolute atomic E-state index is 0.0367. The molecular formula is C20H34N4O3. The zero-order valence-electron chi connectivity index (χ0n) is 16.8. The summed E-state index contributed by atoms with van der Waals surface area (Å²) < 4.78 is 10.5. The minimum Gasteiger partial charge on any atom is -0.381 e. The van der Waals surface area contributed by atoms with Crippen molar-refractivity contribution in [2.75, 3.05) is 51.3 Å². The molecular weight excluding hydrogens is 344 g/mol. The van der Waals surface area contributed by atoms with Crippen LogP contribution in [0.15, 0.2) is 10.6 Å². The molecule has 7 heteroatoms. The highest BCUT2D eigenvalue weighted by molar-refractivity contribution is 5.94. The summed E-state index contributed by atoms with van der Waals surface area (Å²) >= 11 is 0. The molecule has 27 heavy (non-hydrogen) atoms. The van der Waals surface area contributed by atoms with Gasteiger partial charge in [-0.1, -0.05) is 24.9 Å². The first-order valence-corrected chi connectivity index (χ1v) is 10.4. The Morgan fingerprint density at radius 3 is 2.67 bits per heavy atom. The first kappa shape index (κ1) is 20.3. The van der Waals surface area contributed by atoms with Crippen LogP contribution in [0.4, 0.5) is 5.82 Å². The Labute approximate surface area is 162 Å². The summed E-state index contributed by atoms with van der Waals surface area (Å²) in [5, 5.41) is 6.83. The highest BCUT2D eigenvalue weighted by Crippen LogP contribution is 2.19. The number of carbonyl (C=O) groups is 1. The van der Waals surface area contributed by atoms with Crippen LogP contribution in [0, 0.1) is 12.8 Å². The summed E-state index contributed by atoms with van der Waals surface area (Å²) in [6, 6.07) is 1.67. The predicted octanol–water partition coefficient (Wildman–Crippen LogP) is 2.52. The van der Waals surface area contributed by atoms with E-state index in [2.05, 4.69) is 27.2 Å². The van der Waals surface area contributed by atoms with Gasteiger partial charge in [0.2, 0.25) is 5.91 Å². The van der Waals surface area contributed by atoms with Gasteiger partial charge in [0, 0.05) is 52.0 Å². The normalized spacial score (nSPS) is 21.3. The summed E-state index contributed by atoms with van der Waals surface area (Å²) in [5.41, 5.74) is 0. The first-order chi connectivity index (χ1) is 13.2. The number of rotatable bonds is 8. The fourth-order valence-corrected chi connectivity index (χ4v) is 4.06. The van der Waals surface area contributed by atoms with Gasteiger partial charge in [-0.25, -0.2) is 0 Å². The van der Waals surface area contributed by atoms with Crippen molar-refractivity contribution in [2.24, 2.45) is 5.92 Å². The van der Waals surface area contributed by atoms with Gasteiger partial charge in [0.15, 0.2) is 5.82 Å². The summed E-state index contributed by atoms with van der Waals surface area (Å²) in [7, 11) is 0. The molecule has 2 aliphatic heterocycles. The zero-order chi connectivity index (χ0) is 19.1. The molecule has 0 aromatic carbocycles. The summed E-state index contributed by atoms with van der Waals surface area (Å²) in [6.45, 7) is 11.0. The van der Waals surface area contributed by atoms with E-state index in [-0.39, 0.29) is 11.9 Å². The van der Waals surface area contributed by atoms with Gasteiger partial charge in [0.1, 0.15) is 5.76 Å². The smallest absolute Gasteiger partial charge is 0.242 e. The number of unbranched alkanes of at least 4 members (excludes halogenated alkanes) is 1. The molecule has 1 aromatic heterocycles. The molecule has 2 fully saturated rings. The maximum absolute atomic E-state index is 12.9. The monoisotopic (exact) mass is 378 g/mol. The molecule has 0 bridgehead atoms. The molecule has 0 aliphatic carbocycles. The Kier molecular flexibility index (Phi) is 7.67. The van der Waals surface area contributed by atoms with Crippen molar-refractivity contribution in [3.63, 3.8) is 0 Å². The average molecular weight is 379 g/mol. The molecule has 1 amide bonds. The number of nitrogens with zero attached hydrogens (tertiary/aromatic N) is 3. The number of hydrogen-bond acceptors (Lipinski definition) is 6. The number of aromatic nitrogens is 1. The van der Waals surface area contributed by atoms with Crippen LogP contribution in [-0.4, -0.2) is 72.8 Å². The molecule has 3 rings (SSSR count). The van der Waals surface area contributed by atoms with Gasteiger partial charge in [0.25, 0.3) is 0 Å². The van der Waals surface area contributed by atoms with Gasteiger partial charge in [-0.15, -0.1) is 0 Å². The highest BCUT2D eigenvalue weighted by Gasteiger charge is 2.30. The molecule has 7 nitrogen and oxygen atoms in total. The van der Waals surface area contributed by atoms with Gasteiger partial charge in [0.05, 0.1) is 6.04 Å². The third-order valence-corrected chi connectivity index (χ3v) is 5.72. The van der Waals surface area contributed by atoms with Crippen molar-refractivity contribution >= 4 is 11.7 Å². The second kappa shape index (κ2) is 10.2. The Hall–Kier alpha value is -1.44. The van der Waals surface area contributed by atoms with Gasteiger partial charge in [-0.05, 0) is 32.1 Å². The second-order valence-corrected chi connectivity index (χ2v) is 7.86. The molecule has 2 saturated heterocycles. The van der Waals surface area contributed by atoms with Crippen molar-refractivity contribution in [1.82, 2.24) is 15.0 Å². The summed E-state index contributed by atoms with van der Waals surface area (Å²) in [4.78, 5) is 17.8. The molecule has 1 N–H and O–H groups in total. The Bertz CT molecular complexity index is 578. The van der Waals surface area contributed by atoms with Crippen molar-refractivity contribution in [3.8, 4) is 0 Å². The molecule has 1 aromatic rings. The van der Waals surface area contributed by atoms with Crippen molar-refractivity contribution < 1.29 is 14.1 Å². The summed E-state index contributed by atoms with van der Waals surface area (Å²) in [5.74, 6) is 2.02. The number of ether oxygens (including phenoxy) is 1. The molecule has 3 heterocycles. The number of aryl methyl sites for hydroxylation is 1. The van der Waals surface area contributed by atoms with E-state index in [0.29, 0.717) is 11.6 Å². The van der Waals surface area contributed by atoms with Crippen LogP contribution in [0.3, 0.4) is 0 Å². The molecule has 0 radical (unpaired) electrons. The molecule has 1 unspecified atom stereocenters. The minimum atomic E-state index is -0.0906. The fourth-order valence-electron chi connectivity index (χ4n) is 4.06. The van der Waals surface area contributed by atoms with Crippen LogP contribution in [0.25, 0.3) is 0 Å². The lowest BCUT2D eigenvalue weighted by Crippen LogP contribution is -2.54. The SMILES string of the molecule is CCCCC(C(=O)Nc1cc(C)on1)N1CCN(CC2CCOCC2)CC1. The van der Waals surface area contributed by atoms with Gasteiger partial charge in [-0.3, -0.25) is 9.69 Å². The first-order valence-electron chi connectivity index (χ1n) is 10.4. The van der Waals surface area contributed by atoms with Crippen LogP contribution < -0.4 is 5.32 Å². The standard InChI is InChI=1S/C20H34N4O3/c1-3-4-5-18(20(25)21-19-14-16(2)27-22-19)24-10-8-23(9-11-24)15-17-6-12-26-13-7-17/h14,17-18H,3-13,15H2,1-2H3,(H,21,22,25). The van der Waals surface area contributed by atoms with Crippen LogP contribution in [-0.2, 0) is 9.53 Å². The number of piperazine rings is 1. The molecule has 0 saturated carbocycles. The Morgan fingerprint density at radius 1 is 1.30 bits per heavy atom. The fraction of sp³-hybridized carbons (Fsp3) is 0.800. The van der Waals surface area contributed by atoms with Crippen LogP contribution in [0.5, 0.6) is 0 Å². The number of anilines is 1. The van der Waals surface area contributed by atoms with Gasteiger partial charge < -0.3 is 19.5 Å². The topological polar surface area (TPSA) is 70.8 Å². The number of amides is 1. The zero-order valence-corrected chi connectivity index (χ0v) is 16.8. The van der Waals surface area contributed by atoms with E-state index in [1.165, 1.54) is 19.4 Å². The number of carbonyl (C=O) groups excluding carboxylic acids is 1. The Morgan fingerprint density at radius 2 is 2.04 bits per heavy atom. The Balaban J connectivity index is 1.51. The van der Waals surface area contributed by atoms with E-state index in [1.54, 1.807) is 6.07 Å². The van der Waals surface area contributed by atoms with Gasteiger partial charge >= 0.3 is 0 Å². The molecule has 1 atom stereocenters. The lowest BCUT2D eigenvalue weighted by atomic mass is 9.99.